The molecule has 0 saturated heterocycles. The molecular formula is C12H9Cl2N3O3S. The number of sulfonamides is 1. The Hall–Kier alpha value is -1.67. The maximum atomic E-state index is 12.0. The van der Waals surface area contributed by atoms with Crippen molar-refractivity contribution in [1.82, 2.24) is 4.98 Å². The van der Waals surface area contributed by atoms with Gasteiger partial charge in [0.15, 0.2) is 0 Å². The molecule has 0 saturated carbocycles. The van der Waals surface area contributed by atoms with Gasteiger partial charge < -0.3 is 5.32 Å². The van der Waals surface area contributed by atoms with Gasteiger partial charge >= 0.3 is 0 Å². The smallest absolute Gasteiger partial charge is 0.257 e. The van der Waals surface area contributed by atoms with E-state index in [-0.39, 0.29) is 20.6 Å². The molecule has 1 aromatic carbocycles. The highest BCUT2D eigenvalue weighted by atomic mass is 35.5. The Balaban J connectivity index is 2.18. The van der Waals surface area contributed by atoms with Gasteiger partial charge in [-0.1, -0.05) is 23.2 Å². The molecule has 6 nitrogen and oxygen atoms in total. The minimum absolute atomic E-state index is 0.0447. The van der Waals surface area contributed by atoms with Gasteiger partial charge in [0, 0.05) is 11.9 Å². The second kappa shape index (κ2) is 5.98. The van der Waals surface area contributed by atoms with Crippen LogP contribution in [0.5, 0.6) is 0 Å². The second-order valence-electron chi connectivity index (χ2n) is 4.02. The highest BCUT2D eigenvalue weighted by Crippen LogP contribution is 2.20. The molecule has 110 valence electrons. The summed E-state index contributed by atoms with van der Waals surface area (Å²) < 4.78 is 22.2. The molecular weight excluding hydrogens is 337 g/mol. The molecule has 0 atom stereocenters. The largest absolute Gasteiger partial charge is 0.322 e. The van der Waals surface area contributed by atoms with Gasteiger partial charge in [-0.15, -0.1) is 0 Å². The Labute approximate surface area is 130 Å². The third-order valence-electron chi connectivity index (χ3n) is 2.50. The van der Waals surface area contributed by atoms with Crippen molar-refractivity contribution in [3.8, 4) is 0 Å². The summed E-state index contributed by atoms with van der Waals surface area (Å²) in [6, 6.07) is 6.80. The first-order chi connectivity index (χ1) is 9.77. The van der Waals surface area contributed by atoms with Crippen LogP contribution in [0.25, 0.3) is 0 Å². The van der Waals surface area contributed by atoms with Crippen LogP contribution in [-0.4, -0.2) is 19.3 Å². The molecule has 2 aromatic rings. The van der Waals surface area contributed by atoms with Gasteiger partial charge in [0.05, 0.1) is 15.5 Å². The number of nitrogens with two attached hydrogens (primary N) is 1. The molecule has 0 aliphatic heterocycles. The Bertz CT molecular complexity index is 792. The zero-order chi connectivity index (χ0) is 15.6. The highest BCUT2D eigenvalue weighted by molar-refractivity contribution is 7.89. The number of nitrogens with zero attached hydrogens (tertiary/aromatic N) is 1. The van der Waals surface area contributed by atoms with Gasteiger partial charge in [0.1, 0.15) is 5.15 Å². The van der Waals surface area contributed by atoms with Crippen molar-refractivity contribution < 1.29 is 13.2 Å². The molecule has 0 aliphatic rings. The van der Waals surface area contributed by atoms with Crippen molar-refractivity contribution >= 4 is 44.8 Å². The molecule has 3 N–H and O–H groups in total. The Kier molecular flexibility index (Phi) is 4.48. The van der Waals surface area contributed by atoms with Gasteiger partial charge in [-0.3, -0.25) is 4.79 Å². The van der Waals surface area contributed by atoms with E-state index >= 15 is 0 Å². The standard InChI is InChI=1S/C12H9Cl2N3O3S/c13-10-5-7(6-16-11(10)14)12(18)17-8-1-3-9(4-2-8)21(15,19)20/h1-6H,(H,17,18)(H2,15,19,20). The molecule has 9 heteroatoms. The molecule has 2 rings (SSSR count). The zero-order valence-corrected chi connectivity index (χ0v) is 12.7. The average molecular weight is 346 g/mol. The third-order valence-corrected chi connectivity index (χ3v) is 4.11. The minimum Gasteiger partial charge on any atom is -0.322 e. The van der Waals surface area contributed by atoms with Crippen LogP contribution in [0, 0.1) is 0 Å². The Morgan fingerprint density at radius 2 is 1.81 bits per heavy atom. The number of primary sulfonamides is 1. The number of rotatable bonds is 3. The van der Waals surface area contributed by atoms with Crippen LogP contribution in [-0.2, 0) is 10.0 Å². The molecule has 0 spiro atoms. The van der Waals surface area contributed by atoms with E-state index in [1.807, 2.05) is 0 Å². The fourth-order valence-electron chi connectivity index (χ4n) is 1.48. The first-order valence-electron chi connectivity index (χ1n) is 5.52. The van der Waals surface area contributed by atoms with Gasteiger partial charge in [0.2, 0.25) is 10.0 Å². The SMILES string of the molecule is NS(=O)(=O)c1ccc(NC(=O)c2cnc(Cl)c(Cl)c2)cc1. The lowest BCUT2D eigenvalue weighted by Crippen LogP contribution is -2.14. The lowest BCUT2D eigenvalue weighted by Gasteiger charge is -2.06. The third kappa shape index (κ3) is 3.92. The number of carbonyl (C=O) groups is 1. The summed E-state index contributed by atoms with van der Waals surface area (Å²) in [6.45, 7) is 0. The first kappa shape index (κ1) is 15.7. The normalized spacial score (nSPS) is 11.2. The predicted molar refractivity (Wildman–Crippen MR) is 80.0 cm³/mol. The van der Waals surface area contributed by atoms with Crippen molar-refractivity contribution in [1.29, 1.82) is 0 Å². The van der Waals surface area contributed by atoms with Crippen LogP contribution >= 0.6 is 23.2 Å². The van der Waals surface area contributed by atoms with E-state index in [9.17, 15) is 13.2 Å². The number of carbonyl (C=O) groups excluding carboxylic acids is 1. The van der Waals surface area contributed by atoms with Crippen molar-refractivity contribution in [3.05, 3.63) is 52.3 Å². The van der Waals surface area contributed by atoms with E-state index in [1.54, 1.807) is 0 Å². The number of amides is 1. The van der Waals surface area contributed by atoms with Gasteiger partial charge in [-0.05, 0) is 30.3 Å². The lowest BCUT2D eigenvalue weighted by molar-refractivity contribution is 0.102. The van der Waals surface area contributed by atoms with Gasteiger partial charge in [-0.25, -0.2) is 18.5 Å². The van der Waals surface area contributed by atoms with E-state index < -0.39 is 15.9 Å². The fourth-order valence-corrected chi connectivity index (χ4v) is 2.26. The number of halogens is 2. The Morgan fingerprint density at radius 3 is 2.33 bits per heavy atom. The maximum Gasteiger partial charge on any atom is 0.257 e. The van der Waals surface area contributed by atoms with Crippen molar-refractivity contribution in [2.24, 2.45) is 5.14 Å². The van der Waals surface area contributed by atoms with Crippen LogP contribution in [0.4, 0.5) is 5.69 Å². The van der Waals surface area contributed by atoms with E-state index in [4.69, 9.17) is 28.3 Å². The summed E-state index contributed by atoms with van der Waals surface area (Å²) in [7, 11) is -3.77. The molecule has 0 fully saturated rings. The second-order valence-corrected chi connectivity index (χ2v) is 6.35. The van der Waals surface area contributed by atoms with Crippen molar-refractivity contribution in [3.63, 3.8) is 0 Å². The summed E-state index contributed by atoms with van der Waals surface area (Å²) >= 11 is 11.4. The molecule has 1 aromatic heterocycles. The minimum atomic E-state index is -3.77. The topological polar surface area (TPSA) is 102 Å². The molecule has 1 heterocycles. The van der Waals surface area contributed by atoms with E-state index in [0.717, 1.165) is 0 Å². The molecule has 0 aliphatic carbocycles. The lowest BCUT2D eigenvalue weighted by atomic mass is 10.2. The van der Waals surface area contributed by atoms with E-state index in [1.165, 1.54) is 36.5 Å². The highest BCUT2D eigenvalue weighted by Gasteiger charge is 2.11. The van der Waals surface area contributed by atoms with Crippen LogP contribution in [0.1, 0.15) is 10.4 Å². The summed E-state index contributed by atoms with van der Waals surface area (Å²) in [5, 5.41) is 7.81. The van der Waals surface area contributed by atoms with Crippen LogP contribution < -0.4 is 10.5 Å². The van der Waals surface area contributed by atoms with Crippen LogP contribution in [0.2, 0.25) is 10.2 Å². The van der Waals surface area contributed by atoms with Gasteiger partial charge in [0.25, 0.3) is 5.91 Å². The molecule has 0 unspecified atom stereocenters. The number of benzene rings is 1. The summed E-state index contributed by atoms with van der Waals surface area (Å²) in [4.78, 5) is 15.7. The van der Waals surface area contributed by atoms with Crippen LogP contribution in [0.3, 0.4) is 0 Å². The molecule has 0 radical (unpaired) electrons. The Morgan fingerprint density at radius 1 is 1.19 bits per heavy atom. The number of anilines is 1. The summed E-state index contributed by atoms with van der Waals surface area (Å²) in [5.74, 6) is -0.454. The molecule has 0 bridgehead atoms. The number of nitrogens with one attached hydrogen (secondary N) is 1. The zero-order valence-electron chi connectivity index (χ0n) is 10.4. The molecule has 1 amide bonds. The quantitative estimate of drug-likeness (QED) is 0.833. The number of pyridine rings is 1. The van der Waals surface area contributed by atoms with Crippen molar-refractivity contribution in [2.75, 3.05) is 5.32 Å². The summed E-state index contributed by atoms with van der Waals surface area (Å²) in [6.07, 6.45) is 1.28. The number of hydrogen-bond acceptors (Lipinski definition) is 4. The predicted octanol–water partition coefficient (Wildman–Crippen LogP) is 2.29. The van der Waals surface area contributed by atoms with Gasteiger partial charge in [-0.2, -0.15) is 0 Å². The molecule has 21 heavy (non-hydrogen) atoms. The van der Waals surface area contributed by atoms with E-state index in [0.29, 0.717) is 5.69 Å². The first-order valence-corrected chi connectivity index (χ1v) is 7.83. The monoisotopic (exact) mass is 345 g/mol. The van der Waals surface area contributed by atoms with E-state index in [2.05, 4.69) is 10.3 Å². The fraction of sp³-hybridized carbons (Fsp3) is 0. The average Bonchev–Trinajstić information content (AvgIpc) is 2.41. The maximum absolute atomic E-state index is 12.0. The van der Waals surface area contributed by atoms with Crippen LogP contribution in [0.15, 0.2) is 41.4 Å². The summed E-state index contributed by atoms with van der Waals surface area (Å²) in [5.41, 5.74) is 0.624. The number of aromatic nitrogens is 1. The number of hydrogen-bond donors (Lipinski definition) is 2. The van der Waals surface area contributed by atoms with Crippen molar-refractivity contribution in [2.45, 2.75) is 4.90 Å².